The maximum Gasteiger partial charge on any atom is 0.306 e. The first kappa shape index (κ1) is 76.1. The third kappa shape index (κ3) is 64.9. The Bertz CT molecular complexity index is 1610. The van der Waals surface area contributed by atoms with Gasteiger partial charge in [-0.15, -0.1) is 0 Å². The minimum Gasteiger partial charge on any atom is -0.462 e. The summed E-state index contributed by atoms with van der Waals surface area (Å²) in [5.41, 5.74) is 0. The van der Waals surface area contributed by atoms with Crippen LogP contribution in [-0.2, 0) is 28.6 Å². The number of carbonyl (C=O) groups is 3. The average Bonchev–Trinajstić information content (AvgIpc) is 3.46. The van der Waals surface area contributed by atoms with Crippen molar-refractivity contribution >= 4 is 17.9 Å². The highest BCUT2D eigenvalue weighted by Crippen LogP contribution is 2.17. The monoisotopic (exact) mass is 1110 g/mol. The molecule has 0 saturated carbocycles. The summed E-state index contributed by atoms with van der Waals surface area (Å²) in [5.74, 6) is -0.910. The number of hydrogen-bond donors (Lipinski definition) is 0. The molecule has 1 unspecified atom stereocenters. The molecule has 0 rings (SSSR count). The highest BCUT2D eigenvalue weighted by Gasteiger charge is 2.19. The van der Waals surface area contributed by atoms with Crippen LogP contribution >= 0.6 is 0 Å². The standard InChI is InChI=1S/C74H126O6/c1-4-7-10-13-16-19-22-24-26-28-30-31-32-33-34-35-36-37-38-39-40-41-42-43-45-46-48-50-52-55-58-61-64-67-73(76)79-70-71(69-78-72(75)66-63-60-57-54-21-18-15-12-9-6-3)80-74(77)68-65-62-59-56-53-51-49-47-44-29-27-25-23-20-17-14-11-8-5-2/h7-8,10-11,16-17,19-20,24-27,30-31,44,47,51,53,71H,4-6,9,12-15,18,21-23,28-29,32-43,45-46,48-50,52,54-70H2,1-3H3/b10-7-,11-8-,19-16-,20-17-,26-24-,27-25-,31-30-,47-44-,53-51-. The molecule has 6 heteroatoms. The van der Waals surface area contributed by atoms with Gasteiger partial charge in [-0.25, -0.2) is 0 Å². The Morgan fingerprint density at radius 3 is 0.775 bits per heavy atom. The highest BCUT2D eigenvalue weighted by atomic mass is 16.6. The number of hydrogen-bond acceptors (Lipinski definition) is 6. The van der Waals surface area contributed by atoms with E-state index in [1.54, 1.807) is 0 Å². The molecule has 6 nitrogen and oxygen atoms in total. The zero-order chi connectivity index (χ0) is 57.8. The van der Waals surface area contributed by atoms with E-state index in [4.69, 9.17) is 14.2 Å². The molecule has 0 aromatic heterocycles. The minimum absolute atomic E-state index is 0.0878. The molecule has 1 atom stereocenters. The van der Waals surface area contributed by atoms with E-state index in [9.17, 15) is 14.4 Å². The average molecular weight is 1110 g/mol. The van der Waals surface area contributed by atoms with E-state index in [0.29, 0.717) is 19.3 Å². The smallest absolute Gasteiger partial charge is 0.306 e. The lowest BCUT2D eigenvalue weighted by Crippen LogP contribution is -2.30. The summed E-state index contributed by atoms with van der Waals surface area (Å²) < 4.78 is 16.9. The van der Waals surface area contributed by atoms with Crippen molar-refractivity contribution in [1.29, 1.82) is 0 Å². The zero-order valence-corrected chi connectivity index (χ0v) is 52.6. The maximum atomic E-state index is 12.9. The van der Waals surface area contributed by atoms with E-state index in [1.807, 2.05) is 0 Å². The molecular formula is C74H126O6. The second-order valence-corrected chi connectivity index (χ2v) is 22.3. The molecule has 0 N–H and O–H groups in total. The van der Waals surface area contributed by atoms with Crippen LogP contribution in [0.3, 0.4) is 0 Å². The van der Waals surface area contributed by atoms with Crippen molar-refractivity contribution in [3.05, 3.63) is 109 Å². The van der Waals surface area contributed by atoms with Gasteiger partial charge in [-0.05, 0) is 103 Å². The second kappa shape index (κ2) is 67.6. The molecule has 0 aliphatic carbocycles. The van der Waals surface area contributed by atoms with Crippen LogP contribution in [0.2, 0.25) is 0 Å². The minimum atomic E-state index is -0.793. The molecule has 0 amide bonds. The van der Waals surface area contributed by atoms with Gasteiger partial charge in [0.15, 0.2) is 6.10 Å². The highest BCUT2D eigenvalue weighted by molar-refractivity contribution is 5.71. The van der Waals surface area contributed by atoms with Crippen molar-refractivity contribution in [3.63, 3.8) is 0 Å². The topological polar surface area (TPSA) is 78.9 Å². The van der Waals surface area contributed by atoms with Crippen molar-refractivity contribution in [1.82, 2.24) is 0 Å². The van der Waals surface area contributed by atoms with Gasteiger partial charge in [0.1, 0.15) is 13.2 Å². The molecule has 458 valence electrons. The summed E-state index contributed by atoms with van der Waals surface area (Å²) in [6.45, 7) is 6.40. The van der Waals surface area contributed by atoms with Gasteiger partial charge in [-0.1, -0.05) is 310 Å². The van der Waals surface area contributed by atoms with Crippen molar-refractivity contribution in [3.8, 4) is 0 Å². The molecule has 0 saturated heterocycles. The van der Waals surface area contributed by atoms with Gasteiger partial charge in [0.05, 0.1) is 0 Å². The summed E-state index contributed by atoms with van der Waals surface area (Å²) in [7, 11) is 0. The van der Waals surface area contributed by atoms with Crippen LogP contribution in [-0.4, -0.2) is 37.2 Å². The van der Waals surface area contributed by atoms with Crippen LogP contribution in [0.5, 0.6) is 0 Å². The SMILES string of the molecule is CC/C=C\C/C=C\C/C=C\C/C=C\C/C=C\CCCCCC(=O)OC(COC(=O)CCCCCCCCCCCC)COC(=O)CCCCCCCCCCCCCCCCCCCCCC/C=C\C/C=C\C/C=C\C/C=C\CC. The van der Waals surface area contributed by atoms with Gasteiger partial charge in [-0.3, -0.25) is 14.4 Å². The van der Waals surface area contributed by atoms with E-state index in [2.05, 4.69) is 130 Å². The predicted octanol–water partition coefficient (Wildman–Crippen LogP) is 23.4. The quantitative estimate of drug-likeness (QED) is 0.0261. The Kier molecular flexibility index (Phi) is 64.3. The molecular weight excluding hydrogens is 985 g/mol. The third-order valence-electron chi connectivity index (χ3n) is 14.5. The molecule has 0 radical (unpaired) electrons. The molecule has 0 fully saturated rings. The molecule has 0 aromatic rings. The summed E-state index contributed by atoms with van der Waals surface area (Å²) in [5, 5.41) is 0. The van der Waals surface area contributed by atoms with Gasteiger partial charge >= 0.3 is 17.9 Å². The number of rotatable bonds is 61. The number of unbranched alkanes of at least 4 members (excludes halogenated alkanes) is 32. The third-order valence-corrected chi connectivity index (χ3v) is 14.5. The van der Waals surface area contributed by atoms with Crippen molar-refractivity contribution in [2.24, 2.45) is 0 Å². The fourth-order valence-electron chi connectivity index (χ4n) is 9.52. The summed E-state index contributed by atoms with van der Waals surface area (Å²) in [6.07, 6.45) is 92.7. The fraction of sp³-hybridized carbons (Fsp3) is 0.716. The van der Waals surface area contributed by atoms with Crippen LogP contribution in [0.15, 0.2) is 109 Å². The van der Waals surface area contributed by atoms with Crippen molar-refractivity contribution in [2.75, 3.05) is 13.2 Å². The Morgan fingerprint density at radius 2 is 0.487 bits per heavy atom. The van der Waals surface area contributed by atoms with Crippen LogP contribution in [0.4, 0.5) is 0 Å². The van der Waals surface area contributed by atoms with E-state index in [1.165, 1.54) is 161 Å². The largest absolute Gasteiger partial charge is 0.462 e. The first-order valence-corrected chi connectivity index (χ1v) is 33.9. The van der Waals surface area contributed by atoms with E-state index < -0.39 is 6.10 Å². The fourth-order valence-corrected chi connectivity index (χ4v) is 9.52. The van der Waals surface area contributed by atoms with Crippen molar-refractivity contribution < 1.29 is 28.6 Å². The number of carbonyl (C=O) groups excluding carboxylic acids is 3. The Labute approximate surface area is 495 Å². The molecule has 0 bridgehead atoms. The first-order valence-electron chi connectivity index (χ1n) is 33.9. The van der Waals surface area contributed by atoms with E-state index in [0.717, 1.165) is 122 Å². The van der Waals surface area contributed by atoms with Crippen LogP contribution < -0.4 is 0 Å². The lowest BCUT2D eigenvalue weighted by atomic mass is 10.0. The van der Waals surface area contributed by atoms with Gasteiger partial charge in [-0.2, -0.15) is 0 Å². The molecule has 0 aromatic carbocycles. The van der Waals surface area contributed by atoms with Gasteiger partial charge in [0.2, 0.25) is 0 Å². The normalized spacial score (nSPS) is 12.8. The number of ether oxygens (including phenoxy) is 3. The first-order chi connectivity index (χ1) is 39.5. The lowest BCUT2D eigenvalue weighted by molar-refractivity contribution is -0.167. The lowest BCUT2D eigenvalue weighted by Gasteiger charge is -2.18. The van der Waals surface area contributed by atoms with E-state index in [-0.39, 0.29) is 31.1 Å². The van der Waals surface area contributed by atoms with Crippen LogP contribution in [0.25, 0.3) is 0 Å². The summed E-state index contributed by atoms with van der Waals surface area (Å²) >= 11 is 0. The zero-order valence-electron chi connectivity index (χ0n) is 52.6. The van der Waals surface area contributed by atoms with Crippen molar-refractivity contribution in [2.45, 2.75) is 329 Å². The Morgan fingerprint density at radius 1 is 0.263 bits per heavy atom. The predicted molar refractivity (Wildman–Crippen MR) is 348 cm³/mol. The number of esters is 3. The van der Waals surface area contributed by atoms with Gasteiger partial charge in [0.25, 0.3) is 0 Å². The molecule has 0 aliphatic rings. The maximum absolute atomic E-state index is 12.9. The molecule has 80 heavy (non-hydrogen) atoms. The van der Waals surface area contributed by atoms with Crippen LogP contribution in [0.1, 0.15) is 323 Å². The van der Waals surface area contributed by atoms with Gasteiger partial charge in [0, 0.05) is 19.3 Å². The summed E-state index contributed by atoms with van der Waals surface area (Å²) in [6, 6.07) is 0. The Balaban J connectivity index is 4.15. The molecule has 0 heterocycles. The van der Waals surface area contributed by atoms with E-state index >= 15 is 0 Å². The van der Waals surface area contributed by atoms with Crippen LogP contribution in [0, 0.1) is 0 Å². The Hall–Kier alpha value is -3.93. The summed E-state index contributed by atoms with van der Waals surface area (Å²) in [4.78, 5) is 38.2. The second-order valence-electron chi connectivity index (χ2n) is 22.3. The van der Waals surface area contributed by atoms with Gasteiger partial charge < -0.3 is 14.2 Å². The molecule has 0 aliphatic heterocycles. The molecule has 0 spiro atoms. The number of allylic oxidation sites excluding steroid dienone is 18.